The zero-order valence-corrected chi connectivity index (χ0v) is 13.2. The van der Waals surface area contributed by atoms with Crippen molar-refractivity contribution in [1.29, 1.82) is 0 Å². The summed E-state index contributed by atoms with van der Waals surface area (Å²) in [5, 5.41) is 8.93. The van der Waals surface area contributed by atoms with Gasteiger partial charge < -0.3 is 19.5 Å². The normalized spacial score (nSPS) is 20.4. The molecule has 1 heterocycles. The number of hydrogen-bond acceptors (Lipinski definition) is 4. The number of carboxylic acid groups (broad SMARTS) is 1. The third kappa shape index (κ3) is 3.55. The maximum absolute atomic E-state index is 14.1. The second kappa shape index (κ2) is 6.85. The van der Waals surface area contributed by atoms with E-state index in [1.54, 1.807) is 18.2 Å². The van der Waals surface area contributed by atoms with Crippen LogP contribution >= 0.6 is 0 Å². The van der Waals surface area contributed by atoms with E-state index in [0.29, 0.717) is 18.1 Å². The van der Waals surface area contributed by atoms with Crippen molar-refractivity contribution in [2.75, 3.05) is 26.8 Å². The number of nitrogens with zero attached hydrogens (tertiary/aromatic N) is 1. The maximum atomic E-state index is 14.1. The molecule has 126 valence electrons. The van der Waals surface area contributed by atoms with E-state index in [9.17, 15) is 14.0 Å². The van der Waals surface area contributed by atoms with Crippen LogP contribution in [0.25, 0.3) is 0 Å². The molecule has 1 saturated heterocycles. The first-order chi connectivity index (χ1) is 10.9. The number of methoxy groups -OCH3 is 1. The molecular weight excluding hydrogens is 305 g/mol. The molecule has 0 aliphatic carbocycles. The van der Waals surface area contributed by atoms with Crippen molar-refractivity contribution in [3.63, 3.8) is 0 Å². The molecule has 1 amide bonds. The molecule has 1 aliphatic rings. The number of amides is 1. The molecule has 0 spiro atoms. The van der Waals surface area contributed by atoms with Crippen molar-refractivity contribution in [2.24, 2.45) is 0 Å². The minimum atomic E-state index is -2.38. The number of rotatable bonds is 6. The first-order valence-corrected chi connectivity index (χ1v) is 7.43. The Morgan fingerprint density at radius 1 is 1.43 bits per heavy atom. The lowest BCUT2D eigenvalue weighted by atomic mass is 10.1. The zero-order chi connectivity index (χ0) is 17.0. The van der Waals surface area contributed by atoms with Crippen LogP contribution in [0.15, 0.2) is 18.2 Å². The standard InChI is InChI=1S/C16H20FNO5/c1-3-8-23-13-9-11(22-2)4-5-12(13)14(19)18-7-6-16(17,10-18)15(20)21/h4-5,9H,3,6-8,10H2,1-2H3,(H,20,21). The molecule has 6 nitrogen and oxygen atoms in total. The minimum absolute atomic E-state index is 0.0564. The second-order valence-corrected chi connectivity index (χ2v) is 5.46. The van der Waals surface area contributed by atoms with Crippen molar-refractivity contribution in [3.8, 4) is 11.5 Å². The number of carbonyl (C=O) groups is 2. The van der Waals surface area contributed by atoms with Crippen molar-refractivity contribution < 1.29 is 28.6 Å². The number of alkyl halides is 1. The topological polar surface area (TPSA) is 76.1 Å². The average molecular weight is 325 g/mol. The number of benzene rings is 1. The van der Waals surface area contributed by atoms with Gasteiger partial charge in [0, 0.05) is 19.0 Å². The summed E-state index contributed by atoms with van der Waals surface area (Å²) in [6.07, 6.45) is 0.552. The summed E-state index contributed by atoms with van der Waals surface area (Å²) >= 11 is 0. The van der Waals surface area contributed by atoms with Crippen molar-refractivity contribution >= 4 is 11.9 Å². The van der Waals surface area contributed by atoms with Gasteiger partial charge in [0.05, 0.1) is 25.8 Å². The SMILES string of the molecule is CCCOc1cc(OC)ccc1C(=O)N1CCC(F)(C(=O)O)C1. The zero-order valence-electron chi connectivity index (χ0n) is 13.2. The summed E-state index contributed by atoms with van der Waals surface area (Å²) in [6, 6.07) is 4.76. The molecular formula is C16H20FNO5. The highest BCUT2D eigenvalue weighted by Gasteiger charge is 2.47. The first kappa shape index (κ1) is 17.1. The Bertz CT molecular complexity index is 606. The van der Waals surface area contributed by atoms with Gasteiger partial charge in [-0.15, -0.1) is 0 Å². The number of halogens is 1. The number of carbonyl (C=O) groups excluding carboxylic acids is 1. The molecule has 23 heavy (non-hydrogen) atoms. The van der Waals surface area contributed by atoms with Gasteiger partial charge >= 0.3 is 5.97 Å². The molecule has 1 atom stereocenters. The van der Waals surface area contributed by atoms with Crippen LogP contribution in [0, 0.1) is 0 Å². The van der Waals surface area contributed by atoms with E-state index in [2.05, 4.69) is 0 Å². The second-order valence-electron chi connectivity index (χ2n) is 5.46. The molecule has 7 heteroatoms. The monoisotopic (exact) mass is 325 g/mol. The van der Waals surface area contributed by atoms with E-state index in [4.69, 9.17) is 14.6 Å². The van der Waals surface area contributed by atoms with Crippen LogP contribution in [0.5, 0.6) is 11.5 Å². The lowest BCUT2D eigenvalue weighted by Gasteiger charge is -2.20. The van der Waals surface area contributed by atoms with Crippen LogP contribution in [0.3, 0.4) is 0 Å². The van der Waals surface area contributed by atoms with Crippen LogP contribution in [-0.2, 0) is 4.79 Å². The van der Waals surface area contributed by atoms with Crippen LogP contribution in [-0.4, -0.2) is 54.4 Å². The molecule has 1 aromatic carbocycles. The van der Waals surface area contributed by atoms with Crippen LogP contribution in [0.2, 0.25) is 0 Å². The van der Waals surface area contributed by atoms with Gasteiger partial charge in [-0.1, -0.05) is 6.92 Å². The van der Waals surface area contributed by atoms with Crippen molar-refractivity contribution in [1.82, 2.24) is 4.90 Å². The average Bonchev–Trinajstić information content (AvgIpc) is 2.96. The third-order valence-electron chi connectivity index (χ3n) is 3.77. The Morgan fingerprint density at radius 2 is 2.17 bits per heavy atom. The highest BCUT2D eigenvalue weighted by molar-refractivity contribution is 5.98. The minimum Gasteiger partial charge on any atom is -0.497 e. The number of aliphatic carboxylic acids is 1. The summed E-state index contributed by atoms with van der Waals surface area (Å²) in [7, 11) is 1.51. The van der Waals surface area contributed by atoms with Gasteiger partial charge in [-0.2, -0.15) is 0 Å². The highest BCUT2D eigenvalue weighted by Crippen LogP contribution is 2.31. The van der Waals surface area contributed by atoms with Gasteiger partial charge in [-0.25, -0.2) is 9.18 Å². The predicted octanol–water partition coefficient (Wildman–Crippen LogP) is 2.12. The molecule has 1 aromatic rings. The number of hydrogen-bond donors (Lipinski definition) is 1. The van der Waals surface area contributed by atoms with Crippen LogP contribution in [0.1, 0.15) is 30.1 Å². The van der Waals surface area contributed by atoms with Crippen LogP contribution < -0.4 is 9.47 Å². The molecule has 1 unspecified atom stereocenters. The third-order valence-corrected chi connectivity index (χ3v) is 3.77. The fourth-order valence-corrected chi connectivity index (χ4v) is 2.43. The largest absolute Gasteiger partial charge is 0.497 e. The Hall–Kier alpha value is -2.31. The van der Waals surface area contributed by atoms with Gasteiger partial charge in [-0.3, -0.25) is 4.79 Å². The van der Waals surface area contributed by atoms with Gasteiger partial charge in [0.25, 0.3) is 5.91 Å². The fraction of sp³-hybridized carbons (Fsp3) is 0.500. The molecule has 1 N–H and O–H groups in total. The smallest absolute Gasteiger partial charge is 0.343 e. The first-order valence-electron chi connectivity index (χ1n) is 7.43. The van der Waals surface area contributed by atoms with E-state index in [1.807, 2.05) is 6.92 Å². The molecule has 1 aliphatic heterocycles. The van der Waals surface area contributed by atoms with E-state index in [0.717, 1.165) is 6.42 Å². The Labute approximate surface area is 133 Å². The Kier molecular flexibility index (Phi) is 5.08. The van der Waals surface area contributed by atoms with Crippen LogP contribution in [0.4, 0.5) is 4.39 Å². The predicted molar refractivity (Wildman–Crippen MR) is 80.8 cm³/mol. The lowest BCUT2D eigenvalue weighted by Crippen LogP contribution is -2.39. The van der Waals surface area contributed by atoms with E-state index < -0.39 is 24.1 Å². The quantitative estimate of drug-likeness (QED) is 0.867. The number of ether oxygens (including phenoxy) is 2. The summed E-state index contributed by atoms with van der Waals surface area (Å²) < 4.78 is 24.8. The number of likely N-dealkylation sites (tertiary alicyclic amines) is 1. The Morgan fingerprint density at radius 3 is 2.74 bits per heavy atom. The van der Waals surface area contributed by atoms with Crippen molar-refractivity contribution in [2.45, 2.75) is 25.4 Å². The molecule has 2 rings (SSSR count). The van der Waals surface area contributed by atoms with Crippen molar-refractivity contribution in [3.05, 3.63) is 23.8 Å². The maximum Gasteiger partial charge on any atom is 0.343 e. The molecule has 0 aromatic heterocycles. The number of carboxylic acids is 1. The fourth-order valence-electron chi connectivity index (χ4n) is 2.43. The highest BCUT2D eigenvalue weighted by atomic mass is 19.1. The molecule has 0 radical (unpaired) electrons. The Balaban J connectivity index is 2.23. The molecule has 1 fully saturated rings. The van der Waals surface area contributed by atoms with Gasteiger partial charge in [0.2, 0.25) is 5.67 Å². The van der Waals surface area contributed by atoms with Gasteiger partial charge in [0.15, 0.2) is 0 Å². The molecule has 0 bridgehead atoms. The summed E-state index contributed by atoms with van der Waals surface area (Å²) in [4.78, 5) is 24.8. The van der Waals surface area contributed by atoms with E-state index in [-0.39, 0.29) is 18.5 Å². The van der Waals surface area contributed by atoms with Gasteiger partial charge in [-0.05, 0) is 18.6 Å². The lowest BCUT2D eigenvalue weighted by molar-refractivity contribution is -0.149. The molecule has 0 saturated carbocycles. The van der Waals surface area contributed by atoms with E-state index in [1.165, 1.54) is 12.0 Å². The summed E-state index contributed by atoms with van der Waals surface area (Å²) in [6.45, 7) is 1.96. The summed E-state index contributed by atoms with van der Waals surface area (Å²) in [5.41, 5.74) is -2.11. The summed E-state index contributed by atoms with van der Waals surface area (Å²) in [5.74, 6) is -1.09. The van der Waals surface area contributed by atoms with E-state index >= 15 is 0 Å². The van der Waals surface area contributed by atoms with Gasteiger partial charge in [0.1, 0.15) is 11.5 Å².